The lowest BCUT2D eigenvalue weighted by Crippen LogP contribution is -2.21. The first-order valence-electron chi connectivity index (χ1n) is 11.3. The number of benzene rings is 2. The third-order valence-electron chi connectivity index (χ3n) is 5.39. The number of carbonyl (C=O) groups excluding carboxylic acids is 1. The number of aromatic nitrogens is 6. The van der Waals surface area contributed by atoms with Gasteiger partial charge in [0.15, 0.2) is 0 Å². The number of urea groups is 1. The molecule has 0 atom stereocenters. The largest absolute Gasteiger partial charge is 0.424 e. The maximum Gasteiger partial charge on any atom is 0.416 e. The number of nitrogens with two attached hydrogens (primary N) is 1. The number of nitrogens with zero attached hydrogens (tertiary/aromatic N) is 6. The van der Waals surface area contributed by atoms with Crippen LogP contribution < -0.4 is 21.1 Å². The highest BCUT2D eigenvalue weighted by atomic mass is 35.5. The van der Waals surface area contributed by atoms with Crippen molar-refractivity contribution >= 4 is 34.8 Å². The normalized spacial score (nSPS) is 11.2. The lowest BCUT2D eigenvalue weighted by molar-refractivity contribution is -0.137. The SMILES string of the molecule is Nc1ncc(Cl)cc1-c1ccc(Oc2ncc(NC(=O)Nc3ccc(C(F)(F)F)cc3-n3ccnn3)cn2)cc1. The summed E-state index contributed by atoms with van der Waals surface area (Å²) in [5, 5.41) is 12.8. The number of halogens is 4. The van der Waals surface area contributed by atoms with Crippen LogP contribution in [-0.2, 0) is 6.18 Å². The highest BCUT2D eigenvalue weighted by Gasteiger charge is 2.31. The molecule has 5 aromatic rings. The molecule has 11 nitrogen and oxygen atoms in total. The zero-order valence-electron chi connectivity index (χ0n) is 20.1. The quantitative estimate of drug-likeness (QED) is 0.233. The zero-order chi connectivity index (χ0) is 28.3. The van der Waals surface area contributed by atoms with E-state index < -0.39 is 17.8 Å². The Bertz CT molecular complexity index is 1650. The molecule has 0 aliphatic heterocycles. The molecule has 2 amide bonds. The van der Waals surface area contributed by atoms with Gasteiger partial charge in [0.2, 0.25) is 0 Å². The smallest absolute Gasteiger partial charge is 0.416 e. The monoisotopic (exact) mass is 567 g/mol. The topological polar surface area (TPSA) is 146 Å². The van der Waals surface area contributed by atoms with Crippen molar-refractivity contribution in [1.29, 1.82) is 0 Å². The van der Waals surface area contributed by atoms with Gasteiger partial charge in [-0.25, -0.2) is 24.4 Å². The van der Waals surface area contributed by atoms with Gasteiger partial charge in [-0.05, 0) is 42.0 Å². The van der Waals surface area contributed by atoms with Crippen LogP contribution >= 0.6 is 11.6 Å². The Hall–Kier alpha value is -5.24. The van der Waals surface area contributed by atoms with Crippen LogP contribution in [0.25, 0.3) is 16.8 Å². The summed E-state index contributed by atoms with van der Waals surface area (Å²) >= 11 is 6.01. The van der Waals surface area contributed by atoms with Crippen LogP contribution in [0, 0.1) is 0 Å². The van der Waals surface area contributed by atoms with Gasteiger partial charge in [0, 0.05) is 11.8 Å². The summed E-state index contributed by atoms with van der Waals surface area (Å²) in [4.78, 5) is 24.7. The third-order valence-corrected chi connectivity index (χ3v) is 5.59. The van der Waals surface area contributed by atoms with Crippen LogP contribution in [0.5, 0.6) is 11.8 Å². The van der Waals surface area contributed by atoms with Gasteiger partial charge in [-0.1, -0.05) is 28.9 Å². The van der Waals surface area contributed by atoms with E-state index in [4.69, 9.17) is 22.1 Å². The number of carbonyl (C=O) groups is 1. The van der Waals surface area contributed by atoms with Gasteiger partial charge in [0.25, 0.3) is 0 Å². The van der Waals surface area contributed by atoms with E-state index in [1.165, 1.54) is 31.0 Å². The Kier molecular flexibility index (Phi) is 7.16. The van der Waals surface area contributed by atoms with E-state index in [0.717, 1.165) is 28.4 Å². The summed E-state index contributed by atoms with van der Waals surface area (Å²) in [6.45, 7) is 0. The number of anilines is 3. The van der Waals surface area contributed by atoms with E-state index in [1.54, 1.807) is 30.3 Å². The maximum atomic E-state index is 13.2. The minimum absolute atomic E-state index is 0.0128. The molecule has 0 aliphatic rings. The molecule has 0 aliphatic carbocycles. The van der Waals surface area contributed by atoms with Gasteiger partial charge in [0.05, 0.1) is 52.4 Å². The van der Waals surface area contributed by atoms with Crippen molar-refractivity contribution in [1.82, 2.24) is 29.9 Å². The average Bonchev–Trinajstić information content (AvgIpc) is 3.46. The summed E-state index contributed by atoms with van der Waals surface area (Å²) in [6, 6.07) is 10.7. The second-order valence-electron chi connectivity index (χ2n) is 8.12. The molecule has 202 valence electrons. The third kappa shape index (κ3) is 6.07. The molecule has 2 aromatic carbocycles. The zero-order valence-corrected chi connectivity index (χ0v) is 20.9. The second kappa shape index (κ2) is 10.9. The fraction of sp³-hybridized carbons (Fsp3) is 0.0400. The fourth-order valence-corrected chi connectivity index (χ4v) is 3.70. The first-order valence-corrected chi connectivity index (χ1v) is 11.7. The van der Waals surface area contributed by atoms with Crippen LogP contribution in [-0.4, -0.2) is 36.0 Å². The number of hydrogen-bond donors (Lipinski definition) is 3. The summed E-state index contributed by atoms with van der Waals surface area (Å²) in [7, 11) is 0. The first kappa shape index (κ1) is 26.4. The molecular weight excluding hydrogens is 551 g/mol. The van der Waals surface area contributed by atoms with Gasteiger partial charge in [0.1, 0.15) is 11.6 Å². The Morgan fingerprint density at radius 1 is 0.975 bits per heavy atom. The Balaban J connectivity index is 1.24. The molecular formula is C25H17ClF3N9O2. The van der Waals surface area contributed by atoms with Crippen molar-refractivity contribution < 1.29 is 22.7 Å². The standard InChI is InChI=1S/C25H17ClF3N9O2/c26-16-10-19(22(30)31-11-16)14-1-4-18(5-2-14)40-24-32-12-17(13-33-24)35-23(39)36-20-6-3-15(25(27,28)29)9-21(20)38-8-7-34-37-38/h1-13H,(H2,30,31)(H2,35,36,39). The van der Waals surface area contributed by atoms with Crippen LogP contribution in [0.3, 0.4) is 0 Å². The minimum Gasteiger partial charge on any atom is -0.424 e. The van der Waals surface area contributed by atoms with Gasteiger partial charge >= 0.3 is 18.2 Å². The highest BCUT2D eigenvalue weighted by Crippen LogP contribution is 2.33. The van der Waals surface area contributed by atoms with Crippen molar-refractivity contribution in [3.8, 4) is 28.6 Å². The van der Waals surface area contributed by atoms with Crippen molar-refractivity contribution in [2.75, 3.05) is 16.4 Å². The second-order valence-corrected chi connectivity index (χ2v) is 8.56. The fourth-order valence-electron chi connectivity index (χ4n) is 3.55. The lowest BCUT2D eigenvalue weighted by atomic mass is 10.1. The number of rotatable bonds is 6. The van der Waals surface area contributed by atoms with Crippen LogP contribution in [0.4, 0.5) is 35.2 Å². The van der Waals surface area contributed by atoms with Crippen LogP contribution in [0.2, 0.25) is 5.02 Å². The number of ether oxygens (including phenoxy) is 1. The van der Waals surface area contributed by atoms with E-state index >= 15 is 0 Å². The molecule has 0 saturated carbocycles. The number of nitrogens with one attached hydrogen (secondary N) is 2. The van der Waals surface area contributed by atoms with Gasteiger partial charge in [-0.3, -0.25) is 0 Å². The number of amides is 2. The van der Waals surface area contributed by atoms with E-state index in [9.17, 15) is 18.0 Å². The van der Waals surface area contributed by atoms with Gasteiger partial charge in [-0.15, -0.1) is 5.10 Å². The minimum atomic E-state index is -4.58. The molecule has 4 N–H and O–H groups in total. The van der Waals surface area contributed by atoms with E-state index in [1.807, 2.05) is 0 Å². The number of alkyl halides is 3. The van der Waals surface area contributed by atoms with Crippen molar-refractivity contribution in [3.63, 3.8) is 0 Å². The Morgan fingerprint density at radius 3 is 2.40 bits per heavy atom. The van der Waals surface area contributed by atoms with E-state index in [-0.39, 0.29) is 23.1 Å². The summed E-state index contributed by atoms with van der Waals surface area (Å²) in [5.41, 5.74) is 6.72. The molecule has 0 radical (unpaired) electrons. The van der Waals surface area contributed by atoms with Crippen LogP contribution in [0.15, 0.2) is 79.5 Å². The molecule has 15 heteroatoms. The molecule has 0 saturated heterocycles. The van der Waals surface area contributed by atoms with Gasteiger partial charge in [-0.2, -0.15) is 13.2 Å². The van der Waals surface area contributed by atoms with Crippen LogP contribution in [0.1, 0.15) is 5.56 Å². The van der Waals surface area contributed by atoms with E-state index in [2.05, 4.69) is 35.9 Å². The molecule has 0 fully saturated rings. The van der Waals surface area contributed by atoms with E-state index in [0.29, 0.717) is 22.2 Å². The molecule has 0 bridgehead atoms. The van der Waals surface area contributed by atoms with Crippen molar-refractivity contribution in [2.24, 2.45) is 0 Å². The predicted octanol–water partition coefficient (Wildman–Crippen LogP) is 5.81. The summed E-state index contributed by atoms with van der Waals surface area (Å²) in [5.74, 6) is 0.778. The molecule has 5 rings (SSSR count). The van der Waals surface area contributed by atoms with Crippen molar-refractivity contribution in [2.45, 2.75) is 6.18 Å². The molecule has 0 unspecified atom stereocenters. The summed E-state index contributed by atoms with van der Waals surface area (Å²) < 4.78 is 46.3. The predicted molar refractivity (Wildman–Crippen MR) is 140 cm³/mol. The Labute approximate surface area is 228 Å². The van der Waals surface area contributed by atoms with Gasteiger partial charge < -0.3 is 21.1 Å². The number of hydrogen-bond acceptors (Lipinski definition) is 8. The highest BCUT2D eigenvalue weighted by molar-refractivity contribution is 6.30. The average molecular weight is 568 g/mol. The number of pyridine rings is 1. The van der Waals surface area contributed by atoms with Crippen molar-refractivity contribution in [3.05, 3.63) is 90.1 Å². The summed E-state index contributed by atoms with van der Waals surface area (Å²) in [6.07, 6.45) is 2.14. The first-order chi connectivity index (χ1) is 19.2. The molecule has 0 spiro atoms. The molecule has 3 aromatic heterocycles. The lowest BCUT2D eigenvalue weighted by Gasteiger charge is -2.14. The Morgan fingerprint density at radius 2 is 1.73 bits per heavy atom. The number of nitrogen functional groups attached to an aromatic ring is 1. The molecule has 3 heterocycles. The molecule has 40 heavy (non-hydrogen) atoms. The maximum absolute atomic E-state index is 13.2.